The van der Waals surface area contributed by atoms with Crippen LogP contribution in [0.4, 0.5) is 0 Å². The van der Waals surface area contributed by atoms with Crippen molar-refractivity contribution in [3.8, 4) is 0 Å². The van der Waals surface area contributed by atoms with Crippen LogP contribution < -0.4 is 0 Å². The molecule has 0 heterocycles. The van der Waals surface area contributed by atoms with Gasteiger partial charge in [-0.15, -0.1) is 0 Å². The third kappa shape index (κ3) is 4.64. The first kappa shape index (κ1) is 14.6. The Morgan fingerprint density at radius 3 is 2.32 bits per heavy atom. The van der Waals surface area contributed by atoms with Gasteiger partial charge in [0.25, 0.3) is 0 Å². The Hall–Kier alpha value is -0.830. The van der Waals surface area contributed by atoms with E-state index in [1.807, 2.05) is 30.3 Å². The molecule has 0 bridgehead atoms. The standard InChI is InChI=1S/C16H16BrClO/c17-10-15(14-6-8-16(18)9-7-14)12-19-11-13-4-2-1-3-5-13/h1-9,15H,10-12H2. The van der Waals surface area contributed by atoms with Crippen molar-refractivity contribution in [2.45, 2.75) is 12.5 Å². The van der Waals surface area contributed by atoms with E-state index in [4.69, 9.17) is 16.3 Å². The highest BCUT2D eigenvalue weighted by molar-refractivity contribution is 9.09. The van der Waals surface area contributed by atoms with Crippen LogP contribution >= 0.6 is 27.5 Å². The zero-order chi connectivity index (χ0) is 13.5. The van der Waals surface area contributed by atoms with Crippen molar-refractivity contribution in [1.29, 1.82) is 0 Å². The molecule has 1 atom stereocenters. The number of rotatable bonds is 6. The molecule has 2 aromatic rings. The molecule has 0 amide bonds. The summed E-state index contributed by atoms with van der Waals surface area (Å²) in [5.74, 6) is 0.348. The van der Waals surface area contributed by atoms with Crippen LogP contribution in [0.5, 0.6) is 0 Å². The molecule has 0 aliphatic rings. The maximum atomic E-state index is 5.90. The summed E-state index contributed by atoms with van der Waals surface area (Å²) in [7, 11) is 0. The van der Waals surface area contributed by atoms with Crippen molar-refractivity contribution < 1.29 is 4.74 Å². The van der Waals surface area contributed by atoms with Gasteiger partial charge in [0.1, 0.15) is 0 Å². The van der Waals surface area contributed by atoms with E-state index >= 15 is 0 Å². The number of halogens is 2. The van der Waals surface area contributed by atoms with Crippen LogP contribution in [-0.2, 0) is 11.3 Å². The van der Waals surface area contributed by atoms with Gasteiger partial charge in [-0.2, -0.15) is 0 Å². The summed E-state index contributed by atoms with van der Waals surface area (Å²) in [5, 5.41) is 1.64. The van der Waals surface area contributed by atoms with Crippen LogP contribution in [0.1, 0.15) is 17.0 Å². The fourth-order valence-corrected chi connectivity index (χ4v) is 2.54. The van der Waals surface area contributed by atoms with Crippen LogP contribution in [0.3, 0.4) is 0 Å². The Balaban J connectivity index is 1.87. The SMILES string of the molecule is Clc1ccc(C(CBr)COCc2ccccc2)cc1. The van der Waals surface area contributed by atoms with Gasteiger partial charge >= 0.3 is 0 Å². The lowest BCUT2D eigenvalue weighted by molar-refractivity contribution is 0.111. The molecule has 19 heavy (non-hydrogen) atoms. The zero-order valence-corrected chi connectivity index (χ0v) is 12.9. The molecule has 1 nitrogen and oxygen atoms in total. The van der Waals surface area contributed by atoms with E-state index in [9.17, 15) is 0 Å². The fourth-order valence-electron chi connectivity index (χ4n) is 1.86. The molecule has 0 N–H and O–H groups in total. The lowest BCUT2D eigenvalue weighted by atomic mass is 10.0. The van der Waals surface area contributed by atoms with E-state index in [0.29, 0.717) is 19.1 Å². The molecule has 2 aromatic carbocycles. The topological polar surface area (TPSA) is 9.23 Å². The van der Waals surface area contributed by atoms with Gasteiger partial charge in [-0.05, 0) is 23.3 Å². The Bertz CT molecular complexity index is 484. The van der Waals surface area contributed by atoms with Gasteiger partial charge in [-0.3, -0.25) is 0 Å². The second-order valence-electron chi connectivity index (χ2n) is 4.40. The predicted octanol–water partition coefficient (Wildman–Crippen LogP) is 5.04. The largest absolute Gasteiger partial charge is 0.376 e. The van der Waals surface area contributed by atoms with Crippen molar-refractivity contribution in [3.63, 3.8) is 0 Å². The van der Waals surface area contributed by atoms with Crippen LogP contribution in [0.15, 0.2) is 54.6 Å². The summed E-state index contributed by atoms with van der Waals surface area (Å²) in [5.41, 5.74) is 2.45. The van der Waals surface area contributed by atoms with Gasteiger partial charge in [-0.25, -0.2) is 0 Å². The highest BCUT2D eigenvalue weighted by atomic mass is 79.9. The van der Waals surface area contributed by atoms with Crippen molar-refractivity contribution >= 4 is 27.5 Å². The first-order valence-electron chi connectivity index (χ1n) is 6.22. The summed E-state index contributed by atoms with van der Waals surface area (Å²) in [6, 6.07) is 18.2. The van der Waals surface area contributed by atoms with Gasteiger partial charge in [-0.1, -0.05) is 70.0 Å². The van der Waals surface area contributed by atoms with Gasteiger partial charge in [0, 0.05) is 16.3 Å². The summed E-state index contributed by atoms with van der Waals surface area (Å²) in [4.78, 5) is 0. The monoisotopic (exact) mass is 338 g/mol. The second kappa shape index (κ2) is 7.68. The maximum Gasteiger partial charge on any atom is 0.0717 e. The number of alkyl halides is 1. The fraction of sp³-hybridized carbons (Fsp3) is 0.250. The molecular weight excluding hydrogens is 324 g/mol. The van der Waals surface area contributed by atoms with Crippen molar-refractivity contribution in [3.05, 3.63) is 70.7 Å². The Labute approximate surface area is 127 Å². The Kier molecular flexibility index (Phi) is 5.90. The van der Waals surface area contributed by atoms with Crippen molar-refractivity contribution in [2.75, 3.05) is 11.9 Å². The quantitative estimate of drug-likeness (QED) is 0.670. The van der Waals surface area contributed by atoms with Crippen LogP contribution in [0, 0.1) is 0 Å². The first-order chi connectivity index (χ1) is 9.29. The molecule has 1 unspecified atom stereocenters. The molecule has 100 valence electrons. The van der Waals surface area contributed by atoms with E-state index in [-0.39, 0.29) is 0 Å². The molecule has 0 saturated heterocycles. The molecule has 0 spiro atoms. The van der Waals surface area contributed by atoms with Crippen LogP contribution in [0.2, 0.25) is 5.02 Å². The van der Waals surface area contributed by atoms with Gasteiger partial charge < -0.3 is 4.74 Å². The number of hydrogen-bond acceptors (Lipinski definition) is 1. The van der Waals surface area contributed by atoms with E-state index in [1.54, 1.807) is 0 Å². The second-order valence-corrected chi connectivity index (χ2v) is 5.49. The van der Waals surface area contributed by atoms with Gasteiger partial charge in [0.15, 0.2) is 0 Å². The molecule has 0 saturated carbocycles. The molecule has 0 radical (unpaired) electrons. The normalized spacial score (nSPS) is 12.3. The molecule has 2 rings (SSSR count). The molecule has 0 aromatic heterocycles. The van der Waals surface area contributed by atoms with E-state index in [0.717, 1.165) is 10.4 Å². The minimum Gasteiger partial charge on any atom is -0.376 e. The lowest BCUT2D eigenvalue weighted by Gasteiger charge is -2.15. The molecular formula is C16H16BrClO. The Morgan fingerprint density at radius 2 is 1.68 bits per heavy atom. The highest BCUT2D eigenvalue weighted by Gasteiger charge is 2.10. The maximum absolute atomic E-state index is 5.90. The predicted molar refractivity (Wildman–Crippen MR) is 84.1 cm³/mol. The third-order valence-electron chi connectivity index (χ3n) is 2.96. The third-order valence-corrected chi connectivity index (χ3v) is 3.99. The summed E-state index contributed by atoms with van der Waals surface area (Å²) >= 11 is 9.45. The number of hydrogen-bond donors (Lipinski definition) is 0. The lowest BCUT2D eigenvalue weighted by Crippen LogP contribution is -2.09. The minimum atomic E-state index is 0.348. The summed E-state index contributed by atoms with van der Waals surface area (Å²) < 4.78 is 5.79. The van der Waals surface area contributed by atoms with Crippen LogP contribution in [0.25, 0.3) is 0 Å². The minimum absolute atomic E-state index is 0.348. The van der Waals surface area contributed by atoms with E-state index < -0.39 is 0 Å². The van der Waals surface area contributed by atoms with Gasteiger partial charge in [0.2, 0.25) is 0 Å². The zero-order valence-electron chi connectivity index (χ0n) is 10.6. The molecule has 0 aliphatic heterocycles. The van der Waals surface area contributed by atoms with Crippen molar-refractivity contribution in [2.24, 2.45) is 0 Å². The first-order valence-corrected chi connectivity index (χ1v) is 7.72. The highest BCUT2D eigenvalue weighted by Crippen LogP contribution is 2.21. The van der Waals surface area contributed by atoms with E-state index in [1.165, 1.54) is 11.1 Å². The smallest absolute Gasteiger partial charge is 0.0717 e. The average molecular weight is 340 g/mol. The summed E-state index contributed by atoms with van der Waals surface area (Å²) in [6.45, 7) is 1.35. The number of ether oxygens (including phenoxy) is 1. The van der Waals surface area contributed by atoms with Crippen LogP contribution in [-0.4, -0.2) is 11.9 Å². The van der Waals surface area contributed by atoms with Gasteiger partial charge in [0.05, 0.1) is 13.2 Å². The summed E-state index contributed by atoms with van der Waals surface area (Å²) in [6.07, 6.45) is 0. The van der Waals surface area contributed by atoms with E-state index in [2.05, 4.69) is 40.2 Å². The average Bonchev–Trinajstić information content (AvgIpc) is 2.46. The molecule has 0 fully saturated rings. The molecule has 3 heteroatoms. The Morgan fingerprint density at radius 1 is 1.00 bits per heavy atom. The molecule has 0 aliphatic carbocycles. The number of benzene rings is 2. The van der Waals surface area contributed by atoms with Crippen molar-refractivity contribution in [1.82, 2.24) is 0 Å².